The highest BCUT2D eigenvalue weighted by molar-refractivity contribution is 5.35. The maximum Gasteiger partial charge on any atom is 0.573 e. The van der Waals surface area contributed by atoms with Gasteiger partial charge in [-0.1, -0.05) is 25.8 Å². The molecule has 0 unspecified atom stereocenters. The minimum atomic E-state index is -5.19. The molecule has 0 saturated heterocycles. The Hall–Kier alpha value is -2.52. The van der Waals surface area contributed by atoms with Crippen LogP contribution in [0.1, 0.15) is 75.3 Å². The molecule has 2 aliphatic rings. The number of benzene rings is 2. The van der Waals surface area contributed by atoms with Crippen LogP contribution in [0.4, 0.5) is 35.1 Å². The van der Waals surface area contributed by atoms with Gasteiger partial charge in [0.25, 0.3) is 0 Å². The van der Waals surface area contributed by atoms with Gasteiger partial charge in [-0.2, -0.15) is 8.78 Å². The predicted octanol–water partition coefficient (Wildman–Crippen LogP) is 9.23. The summed E-state index contributed by atoms with van der Waals surface area (Å²) in [6.07, 6.45) is -1.77. The quantitative estimate of drug-likeness (QED) is 0.343. The third kappa shape index (κ3) is 6.49. The summed E-state index contributed by atoms with van der Waals surface area (Å²) in [6, 6.07) is 3.15. The third-order valence-corrected chi connectivity index (χ3v) is 7.74. The smallest absolute Gasteiger partial charge is 0.429 e. The van der Waals surface area contributed by atoms with E-state index in [1.54, 1.807) is 0 Å². The van der Waals surface area contributed by atoms with Crippen molar-refractivity contribution in [1.29, 1.82) is 0 Å². The van der Waals surface area contributed by atoms with E-state index in [9.17, 15) is 35.1 Å². The van der Waals surface area contributed by atoms with E-state index in [1.165, 1.54) is 25.7 Å². The maximum atomic E-state index is 14.9. The molecule has 0 radical (unpaired) electrons. The number of hydrogen-bond acceptors (Lipinski definition) is 2. The molecule has 0 atom stereocenters. The number of halogens is 8. The second-order valence-corrected chi connectivity index (χ2v) is 10.2. The molecule has 0 aromatic heterocycles. The monoisotopic (exact) mass is 536 g/mol. The predicted molar refractivity (Wildman–Crippen MR) is 120 cm³/mol. The molecule has 0 aliphatic heterocycles. The molecule has 204 valence electrons. The minimum Gasteiger partial charge on any atom is -0.429 e. The van der Waals surface area contributed by atoms with Crippen molar-refractivity contribution >= 4 is 0 Å². The zero-order valence-corrected chi connectivity index (χ0v) is 20.2. The average molecular weight is 537 g/mol. The van der Waals surface area contributed by atoms with Crippen LogP contribution in [0, 0.1) is 35.2 Å². The summed E-state index contributed by atoms with van der Waals surface area (Å²) in [7, 11) is 0. The van der Waals surface area contributed by atoms with E-state index < -0.39 is 47.0 Å². The molecule has 2 nitrogen and oxygen atoms in total. The van der Waals surface area contributed by atoms with Gasteiger partial charge in [-0.15, -0.1) is 13.2 Å². The highest BCUT2D eigenvalue weighted by Crippen LogP contribution is 2.45. The van der Waals surface area contributed by atoms with Crippen LogP contribution in [0.5, 0.6) is 11.5 Å². The van der Waals surface area contributed by atoms with Crippen molar-refractivity contribution < 1.29 is 44.6 Å². The molecule has 0 amide bonds. The number of rotatable bonds is 6. The van der Waals surface area contributed by atoms with Gasteiger partial charge in [-0.3, -0.25) is 0 Å². The SMILES string of the molecule is CC1CCC(C2CCC(c3ccc(C(F)(F)Oc4ccc(OC(F)(F)F)c(F)c4)c(F)c3F)CC2)CC1. The Kier molecular flexibility index (Phi) is 7.95. The largest absolute Gasteiger partial charge is 0.573 e. The second kappa shape index (κ2) is 10.7. The topological polar surface area (TPSA) is 18.5 Å². The fourth-order valence-electron chi connectivity index (χ4n) is 5.72. The number of ether oxygens (including phenoxy) is 2. The van der Waals surface area contributed by atoms with E-state index in [2.05, 4.69) is 16.4 Å². The summed E-state index contributed by atoms with van der Waals surface area (Å²) in [5.41, 5.74) is -1.36. The molecule has 4 rings (SSSR count). The van der Waals surface area contributed by atoms with Crippen LogP contribution < -0.4 is 9.47 Å². The lowest BCUT2D eigenvalue weighted by molar-refractivity contribution is -0.275. The Bertz CT molecular complexity index is 1080. The first kappa shape index (κ1) is 27.5. The normalized spacial score (nSPS) is 25.1. The van der Waals surface area contributed by atoms with Crippen molar-refractivity contribution in [1.82, 2.24) is 0 Å². The van der Waals surface area contributed by atoms with Crippen LogP contribution in [0.2, 0.25) is 0 Å². The van der Waals surface area contributed by atoms with E-state index in [0.29, 0.717) is 36.8 Å². The van der Waals surface area contributed by atoms with Gasteiger partial charge >= 0.3 is 12.5 Å². The van der Waals surface area contributed by atoms with Crippen LogP contribution >= 0.6 is 0 Å². The van der Waals surface area contributed by atoms with Crippen molar-refractivity contribution in [3.05, 3.63) is 58.9 Å². The minimum absolute atomic E-state index is 0.0347. The molecule has 0 spiro atoms. The van der Waals surface area contributed by atoms with Gasteiger partial charge in [0.2, 0.25) is 0 Å². The van der Waals surface area contributed by atoms with E-state index in [4.69, 9.17) is 0 Å². The summed E-state index contributed by atoms with van der Waals surface area (Å²) >= 11 is 0. The Morgan fingerprint density at radius 3 is 1.86 bits per heavy atom. The lowest BCUT2D eigenvalue weighted by atomic mass is 9.68. The summed E-state index contributed by atoms with van der Waals surface area (Å²) in [4.78, 5) is 0. The van der Waals surface area contributed by atoms with Gasteiger partial charge in [0, 0.05) is 6.07 Å². The van der Waals surface area contributed by atoms with Crippen molar-refractivity contribution in [3.8, 4) is 11.5 Å². The van der Waals surface area contributed by atoms with E-state index in [1.807, 2.05) is 0 Å². The lowest BCUT2D eigenvalue weighted by Crippen LogP contribution is -2.26. The molecule has 2 aliphatic carbocycles. The van der Waals surface area contributed by atoms with Crippen molar-refractivity contribution in [3.63, 3.8) is 0 Å². The van der Waals surface area contributed by atoms with Crippen LogP contribution in [0.25, 0.3) is 0 Å². The van der Waals surface area contributed by atoms with E-state index in [-0.39, 0.29) is 17.5 Å². The maximum absolute atomic E-state index is 14.9. The summed E-state index contributed by atoms with van der Waals surface area (Å²) in [5, 5.41) is 0. The van der Waals surface area contributed by atoms with Gasteiger partial charge in [0.05, 0.1) is 0 Å². The summed E-state index contributed by atoms with van der Waals surface area (Å²) < 4.78 is 117. The molecular formula is C27H28F8O2. The Balaban J connectivity index is 1.44. The number of hydrogen-bond donors (Lipinski definition) is 0. The second-order valence-electron chi connectivity index (χ2n) is 10.2. The van der Waals surface area contributed by atoms with Gasteiger partial charge in [-0.25, -0.2) is 13.2 Å². The van der Waals surface area contributed by atoms with Gasteiger partial charge < -0.3 is 9.47 Å². The highest BCUT2D eigenvalue weighted by Gasteiger charge is 2.41. The third-order valence-electron chi connectivity index (χ3n) is 7.74. The van der Waals surface area contributed by atoms with Gasteiger partial charge in [0.15, 0.2) is 23.2 Å². The molecule has 0 heterocycles. The zero-order valence-electron chi connectivity index (χ0n) is 20.2. The first-order valence-electron chi connectivity index (χ1n) is 12.4. The Morgan fingerprint density at radius 2 is 1.30 bits per heavy atom. The first-order valence-corrected chi connectivity index (χ1v) is 12.4. The molecule has 0 bridgehead atoms. The first-order chi connectivity index (χ1) is 17.3. The molecular weight excluding hydrogens is 508 g/mol. The number of alkyl halides is 5. The fourth-order valence-corrected chi connectivity index (χ4v) is 5.72. The average Bonchev–Trinajstić information content (AvgIpc) is 2.82. The van der Waals surface area contributed by atoms with Crippen LogP contribution in [0.3, 0.4) is 0 Å². The molecule has 2 aromatic rings. The summed E-state index contributed by atoms with van der Waals surface area (Å²) in [5.74, 6) is -5.27. The molecule has 0 N–H and O–H groups in total. The molecule has 2 saturated carbocycles. The van der Waals surface area contributed by atoms with E-state index in [0.717, 1.165) is 30.9 Å². The highest BCUT2D eigenvalue weighted by atomic mass is 19.4. The van der Waals surface area contributed by atoms with Crippen molar-refractivity contribution in [2.24, 2.45) is 17.8 Å². The molecule has 2 aromatic carbocycles. The molecule has 37 heavy (non-hydrogen) atoms. The summed E-state index contributed by atoms with van der Waals surface area (Å²) in [6.45, 7) is 2.25. The van der Waals surface area contributed by atoms with Gasteiger partial charge in [-0.05, 0) is 86.0 Å². The molecule has 2 fully saturated rings. The van der Waals surface area contributed by atoms with E-state index >= 15 is 0 Å². The Labute approximate surface area is 210 Å². The lowest BCUT2D eigenvalue weighted by Gasteiger charge is -2.37. The Morgan fingerprint density at radius 1 is 0.703 bits per heavy atom. The molecule has 10 heteroatoms. The van der Waals surface area contributed by atoms with Gasteiger partial charge in [0.1, 0.15) is 11.3 Å². The van der Waals surface area contributed by atoms with Crippen LogP contribution in [-0.2, 0) is 6.11 Å². The van der Waals surface area contributed by atoms with Crippen molar-refractivity contribution in [2.45, 2.75) is 76.7 Å². The van der Waals surface area contributed by atoms with Crippen LogP contribution in [-0.4, -0.2) is 6.36 Å². The van der Waals surface area contributed by atoms with Crippen molar-refractivity contribution in [2.75, 3.05) is 0 Å². The van der Waals surface area contributed by atoms with Crippen LogP contribution in [0.15, 0.2) is 30.3 Å². The fraction of sp³-hybridized carbons (Fsp3) is 0.556. The zero-order chi connectivity index (χ0) is 27.0. The standard InChI is InChI=1S/C27H28F8O2/c1-15-2-4-16(5-3-15)17-6-8-18(9-7-17)20-11-12-21(25(30)24(20)29)26(31,32)36-19-10-13-23(22(28)14-19)37-27(33,34)35/h10-18H,2-9H2,1H3.